The van der Waals surface area contributed by atoms with Crippen molar-refractivity contribution in [2.24, 2.45) is 0 Å². The van der Waals surface area contributed by atoms with Crippen molar-refractivity contribution in [2.45, 2.75) is 25.2 Å². The van der Waals surface area contributed by atoms with Crippen LogP contribution < -0.4 is 9.64 Å². The van der Waals surface area contributed by atoms with Crippen LogP contribution in [0.15, 0.2) is 54.6 Å². The fourth-order valence-electron chi connectivity index (χ4n) is 4.25. The summed E-state index contributed by atoms with van der Waals surface area (Å²) in [5.41, 5.74) is 3.60. The number of anilines is 1. The fourth-order valence-corrected chi connectivity index (χ4v) is 4.25. The molecular weight excluding hydrogens is 390 g/mol. The summed E-state index contributed by atoms with van der Waals surface area (Å²) in [6, 6.07) is 18.1. The standard InChI is InChI=1S/C24H27N5O2/c1-31-21-12-10-19(11-13-21)27-14-5-15-28(17-16-27)24(30)22-23(18-8-9-18)29(26-25-22)20-6-3-2-4-7-20/h2-4,6-7,10-13,18H,5,8-9,14-17H2,1H3. The maximum atomic E-state index is 13.5. The highest BCUT2D eigenvalue weighted by molar-refractivity contribution is 5.93. The third-order valence-electron chi connectivity index (χ3n) is 6.09. The van der Waals surface area contributed by atoms with Crippen molar-refractivity contribution in [2.75, 3.05) is 38.2 Å². The first kappa shape index (κ1) is 19.6. The van der Waals surface area contributed by atoms with Crippen LogP contribution in [0.5, 0.6) is 5.75 Å². The topological polar surface area (TPSA) is 63.5 Å². The SMILES string of the molecule is COc1ccc(N2CCCN(C(=O)c3nnn(-c4ccccc4)c3C3CC3)CC2)cc1. The van der Waals surface area contributed by atoms with Crippen LogP contribution in [-0.2, 0) is 0 Å². The molecule has 31 heavy (non-hydrogen) atoms. The molecule has 2 fully saturated rings. The summed E-state index contributed by atoms with van der Waals surface area (Å²) in [5.74, 6) is 1.22. The second kappa shape index (κ2) is 8.41. The molecule has 0 bridgehead atoms. The van der Waals surface area contributed by atoms with Crippen LogP contribution in [-0.4, -0.2) is 59.1 Å². The highest BCUT2D eigenvalue weighted by Gasteiger charge is 2.36. The lowest BCUT2D eigenvalue weighted by Gasteiger charge is -2.23. The van der Waals surface area contributed by atoms with Gasteiger partial charge in [0.25, 0.3) is 5.91 Å². The Labute approximate surface area is 182 Å². The number of nitrogens with zero attached hydrogens (tertiary/aromatic N) is 5. The van der Waals surface area contributed by atoms with Gasteiger partial charge in [0.05, 0.1) is 18.5 Å². The van der Waals surface area contributed by atoms with E-state index in [0.717, 1.165) is 61.7 Å². The number of hydrogen-bond donors (Lipinski definition) is 0. The van der Waals surface area contributed by atoms with Crippen LogP contribution >= 0.6 is 0 Å². The predicted octanol–water partition coefficient (Wildman–Crippen LogP) is 3.51. The highest BCUT2D eigenvalue weighted by Crippen LogP contribution is 2.42. The zero-order valence-corrected chi connectivity index (χ0v) is 17.8. The summed E-state index contributed by atoms with van der Waals surface area (Å²) >= 11 is 0. The van der Waals surface area contributed by atoms with Crippen LogP contribution in [0.3, 0.4) is 0 Å². The van der Waals surface area contributed by atoms with E-state index in [1.807, 2.05) is 52.0 Å². The Bertz CT molecular complexity index is 1040. The van der Waals surface area contributed by atoms with E-state index in [-0.39, 0.29) is 5.91 Å². The molecule has 1 aliphatic heterocycles. The zero-order chi connectivity index (χ0) is 21.2. The molecule has 0 spiro atoms. The molecule has 1 amide bonds. The molecule has 1 saturated heterocycles. The molecule has 2 heterocycles. The first-order valence-corrected chi connectivity index (χ1v) is 10.9. The van der Waals surface area contributed by atoms with Crippen LogP contribution in [0, 0.1) is 0 Å². The number of aromatic nitrogens is 3. The van der Waals surface area contributed by atoms with Crippen molar-refractivity contribution < 1.29 is 9.53 Å². The van der Waals surface area contributed by atoms with Crippen molar-refractivity contribution in [3.8, 4) is 11.4 Å². The number of para-hydroxylation sites is 1. The molecule has 0 N–H and O–H groups in total. The molecular formula is C24H27N5O2. The summed E-state index contributed by atoms with van der Waals surface area (Å²) in [7, 11) is 1.67. The molecule has 3 aromatic rings. The number of hydrogen-bond acceptors (Lipinski definition) is 5. The minimum absolute atomic E-state index is 0.000613. The number of benzene rings is 2. The first-order valence-electron chi connectivity index (χ1n) is 10.9. The number of rotatable bonds is 5. The molecule has 0 atom stereocenters. The second-order valence-electron chi connectivity index (χ2n) is 8.18. The van der Waals surface area contributed by atoms with Gasteiger partial charge in [-0.2, -0.15) is 0 Å². The van der Waals surface area contributed by atoms with Gasteiger partial charge in [-0.25, -0.2) is 4.68 Å². The van der Waals surface area contributed by atoms with E-state index in [4.69, 9.17) is 4.74 Å². The Morgan fingerprint density at radius 2 is 1.71 bits per heavy atom. The summed E-state index contributed by atoms with van der Waals surface area (Å²) in [6.45, 7) is 3.12. The number of carbonyl (C=O) groups is 1. The largest absolute Gasteiger partial charge is 0.497 e. The van der Waals surface area contributed by atoms with E-state index in [1.54, 1.807) is 7.11 Å². The maximum Gasteiger partial charge on any atom is 0.276 e. The van der Waals surface area contributed by atoms with Crippen molar-refractivity contribution in [1.29, 1.82) is 0 Å². The quantitative estimate of drug-likeness (QED) is 0.636. The third kappa shape index (κ3) is 4.00. The van der Waals surface area contributed by atoms with Gasteiger partial charge in [-0.15, -0.1) is 5.10 Å². The summed E-state index contributed by atoms with van der Waals surface area (Å²) in [6.07, 6.45) is 3.10. The van der Waals surface area contributed by atoms with Gasteiger partial charge in [0.1, 0.15) is 5.75 Å². The number of methoxy groups -OCH3 is 1. The normalized spacial score (nSPS) is 16.8. The van der Waals surface area contributed by atoms with E-state index in [2.05, 4.69) is 27.3 Å². The minimum Gasteiger partial charge on any atom is -0.497 e. The lowest BCUT2D eigenvalue weighted by atomic mass is 10.2. The van der Waals surface area contributed by atoms with E-state index < -0.39 is 0 Å². The van der Waals surface area contributed by atoms with Gasteiger partial charge in [-0.05, 0) is 55.7 Å². The molecule has 2 aliphatic rings. The molecule has 0 unspecified atom stereocenters. The molecule has 1 aliphatic carbocycles. The van der Waals surface area contributed by atoms with Crippen LogP contribution in [0.4, 0.5) is 5.69 Å². The zero-order valence-electron chi connectivity index (χ0n) is 17.8. The van der Waals surface area contributed by atoms with Gasteiger partial charge in [0.15, 0.2) is 5.69 Å². The average Bonchev–Trinajstić information content (AvgIpc) is 3.61. The molecule has 160 valence electrons. The van der Waals surface area contributed by atoms with E-state index in [1.165, 1.54) is 0 Å². The monoisotopic (exact) mass is 417 g/mol. The lowest BCUT2D eigenvalue weighted by molar-refractivity contribution is 0.0760. The average molecular weight is 418 g/mol. The van der Waals surface area contributed by atoms with Gasteiger partial charge < -0.3 is 14.5 Å². The molecule has 1 saturated carbocycles. The lowest BCUT2D eigenvalue weighted by Crippen LogP contribution is -2.36. The predicted molar refractivity (Wildman–Crippen MR) is 119 cm³/mol. The maximum absolute atomic E-state index is 13.5. The molecule has 5 rings (SSSR count). The number of carbonyl (C=O) groups excluding carboxylic acids is 1. The van der Waals surface area contributed by atoms with Crippen molar-refractivity contribution in [3.63, 3.8) is 0 Å². The first-order chi connectivity index (χ1) is 15.2. The molecule has 1 aromatic heterocycles. The van der Waals surface area contributed by atoms with Crippen molar-refractivity contribution >= 4 is 11.6 Å². The van der Waals surface area contributed by atoms with Gasteiger partial charge in [0.2, 0.25) is 0 Å². The minimum atomic E-state index is 0.000613. The summed E-state index contributed by atoms with van der Waals surface area (Å²) in [5, 5.41) is 8.71. The Morgan fingerprint density at radius 1 is 0.935 bits per heavy atom. The third-order valence-corrected chi connectivity index (χ3v) is 6.09. The van der Waals surface area contributed by atoms with Crippen LogP contribution in [0.1, 0.15) is 41.4 Å². The molecule has 0 radical (unpaired) electrons. The molecule has 7 nitrogen and oxygen atoms in total. The highest BCUT2D eigenvalue weighted by atomic mass is 16.5. The fraction of sp³-hybridized carbons (Fsp3) is 0.375. The van der Waals surface area contributed by atoms with Crippen LogP contribution in [0.2, 0.25) is 0 Å². The van der Waals surface area contributed by atoms with E-state index in [9.17, 15) is 4.79 Å². The van der Waals surface area contributed by atoms with Crippen LogP contribution in [0.25, 0.3) is 5.69 Å². The van der Waals surface area contributed by atoms with Gasteiger partial charge in [-0.1, -0.05) is 23.4 Å². The second-order valence-corrected chi connectivity index (χ2v) is 8.18. The van der Waals surface area contributed by atoms with E-state index in [0.29, 0.717) is 18.2 Å². The van der Waals surface area contributed by atoms with Gasteiger partial charge in [-0.3, -0.25) is 4.79 Å². The number of amides is 1. The molecule has 2 aromatic carbocycles. The van der Waals surface area contributed by atoms with Gasteiger partial charge >= 0.3 is 0 Å². The van der Waals surface area contributed by atoms with E-state index >= 15 is 0 Å². The van der Waals surface area contributed by atoms with Crippen molar-refractivity contribution in [1.82, 2.24) is 19.9 Å². The number of ether oxygens (including phenoxy) is 1. The Kier molecular flexibility index (Phi) is 5.32. The summed E-state index contributed by atoms with van der Waals surface area (Å²) in [4.78, 5) is 17.7. The smallest absolute Gasteiger partial charge is 0.276 e. The van der Waals surface area contributed by atoms with Crippen molar-refractivity contribution in [3.05, 3.63) is 66.0 Å². The molecule has 7 heteroatoms. The Balaban J connectivity index is 1.34. The Hall–Kier alpha value is -3.35. The Morgan fingerprint density at radius 3 is 2.42 bits per heavy atom. The van der Waals surface area contributed by atoms with Gasteiger partial charge in [0, 0.05) is 37.8 Å². The summed E-state index contributed by atoms with van der Waals surface area (Å²) < 4.78 is 7.12.